The number of halogens is 1. The molecule has 2 heteroatoms. The highest BCUT2D eigenvalue weighted by molar-refractivity contribution is 5.80. The van der Waals surface area contributed by atoms with Gasteiger partial charge in [0, 0.05) is 5.39 Å². The van der Waals surface area contributed by atoms with E-state index < -0.39 is 0 Å². The van der Waals surface area contributed by atoms with Crippen LogP contribution in [0.4, 0.5) is 4.39 Å². The monoisotopic (exact) mass is 164 g/mol. The van der Waals surface area contributed by atoms with Gasteiger partial charge < -0.3 is 4.42 Å². The lowest BCUT2D eigenvalue weighted by molar-refractivity contribution is 0.574. The van der Waals surface area contributed by atoms with E-state index in [9.17, 15) is 4.39 Å². The third-order valence-corrected chi connectivity index (χ3v) is 1.89. The maximum absolute atomic E-state index is 12.9. The smallest absolute Gasteiger partial charge is 0.137 e. The Labute approximate surface area is 69.8 Å². The number of rotatable bonds is 0. The number of hydrogen-bond donors (Lipinski definition) is 0. The second-order valence-electron chi connectivity index (χ2n) is 3.00. The summed E-state index contributed by atoms with van der Waals surface area (Å²) < 4.78 is 18.3. The van der Waals surface area contributed by atoms with E-state index >= 15 is 0 Å². The summed E-state index contributed by atoms with van der Waals surface area (Å²) in [6.07, 6.45) is 0. The van der Waals surface area contributed by atoms with E-state index in [1.807, 2.05) is 19.9 Å². The molecular formula is C10H9FO. The van der Waals surface area contributed by atoms with Crippen LogP contribution in [-0.2, 0) is 0 Å². The molecule has 1 aromatic carbocycles. The number of hydrogen-bond acceptors (Lipinski definition) is 1. The lowest BCUT2D eigenvalue weighted by Crippen LogP contribution is -1.77. The lowest BCUT2D eigenvalue weighted by atomic mass is 10.2. The second kappa shape index (κ2) is 2.34. The summed E-state index contributed by atoms with van der Waals surface area (Å²) in [6, 6.07) is 4.80. The quantitative estimate of drug-likeness (QED) is 0.582. The maximum Gasteiger partial charge on any atom is 0.137 e. The zero-order valence-electron chi connectivity index (χ0n) is 7.02. The fraction of sp³-hybridized carbons (Fsp3) is 0.200. The minimum atomic E-state index is -0.208. The summed E-state index contributed by atoms with van der Waals surface area (Å²) in [4.78, 5) is 0. The highest BCUT2D eigenvalue weighted by Gasteiger charge is 2.04. The predicted octanol–water partition coefficient (Wildman–Crippen LogP) is 3.19. The van der Waals surface area contributed by atoms with Gasteiger partial charge in [-0.25, -0.2) is 4.39 Å². The average molecular weight is 164 g/mol. The molecule has 2 rings (SSSR count). The summed E-state index contributed by atoms with van der Waals surface area (Å²) in [5.74, 6) is 0.611. The van der Waals surface area contributed by atoms with Gasteiger partial charge in [-0.1, -0.05) is 0 Å². The van der Waals surface area contributed by atoms with Crippen LogP contribution < -0.4 is 0 Å². The molecule has 0 N–H and O–H groups in total. The largest absolute Gasteiger partial charge is 0.461 e. The maximum atomic E-state index is 12.9. The first-order valence-corrected chi connectivity index (χ1v) is 3.83. The molecule has 0 aliphatic carbocycles. The van der Waals surface area contributed by atoms with E-state index in [1.165, 1.54) is 12.1 Å². The van der Waals surface area contributed by atoms with Crippen LogP contribution in [0.2, 0.25) is 0 Å². The number of furan rings is 1. The molecule has 0 aliphatic rings. The van der Waals surface area contributed by atoms with Crippen molar-refractivity contribution in [2.75, 3.05) is 0 Å². The summed E-state index contributed by atoms with van der Waals surface area (Å²) >= 11 is 0. The lowest BCUT2D eigenvalue weighted by Gasteiger charge is -1.93. The van der Waals surface area contributed by atoms with E-state index in [4.69, 9.17) is 4.42 Å². The van der Waals surface area contributed by atoms with Crippen molar-refractivity contribution >= 4 is 11.0 Å². The van der Waals surface area contributed by atoms with Crippen molar-refractivity contribution in [3.05, 3.63) is 35.3 Å². The molecule has 0 bridgehead atoms. The molecule has 0 atom stereocenters. The van der Waals surface area contributed by atoms with Gasteiger partial charge in [0.2, 0.25) is 0 Å². The van der Waals surface area contributed by atoms with Gasteiger partial charge in [0.1, 0.15) is 17.2 Å². The van der Waals surface area contributed by atoms with Gasteiger partial charge in [-0.15, -0.1) is 0 Å². The molecule has 1 heterocycles. The van der Waals surface area contributed by atoms with Crippen LogP contribution in [0, 0.1) is 19.7 Å². The average Bonchev–Trinajstić information content (AvgIpc) is 2.29. The Morgan fingerprint density at radius 3 is 2.67 bits per heavy atom. The Balaban J connectivity index is 2.88. The molecule has 1 aromatic heterocycles. The Kier molecular flexibility index (Phi) is 1.43. The molecule has 1 nitrogen and oxygen atoms in total. The molecule has 12 heavy (non-hydrogen) atoms. The highest BCUT2D eigenvalue weighted by atomic mass is 19.1. The molecule has 0 unspecified atom stereocenters. The van der Waals surface area contributed by atoms with E-state index in [0.29, 0.717) is 0 Å². The molecule has 0 aliphatic heterocycles. The van der Waals surface area contributed by atoms with Gasteiger partial charge in [-0.05, 0) is 37.6 Å². The Morgan fingerprint density at radius 2 is 1.92 bits per heavy atom. The highest BCUT2D eigenvalue weighted by Crippen LogP contribution is 2.23. The molecule has 0 saturated carbocycles. The molecule has 0 spiro atoms. The fourth-order valence-electron chi connectivity index (χ4n) is 1.41. The second-order valence-corrected chi connectivity index (χ2v) is 3.00. The zero-order valence-corrected chi connectivity index (χ0v) is 7.02. The molecular weight excluding hydrogens is 155 g/mol. The standard InChI is InChI=1S/C10H9FO/c1-6-3-9(11)5-8-4-7(2)12-10(6)8/h3-5H,1-2H3. The summed E-state index contributed by atoms with van der Waals surface area (Å²) in [7, 11) is 0. The molecule has 0 amide bonds. The van der Waals surface area contributed by atoms with Crippen LogP contribution in [0.1, 0.15) is 11.3 Å². The van der Waals surface area contributed by atoms with E-state index in [0.717, 1.165) is 22.3 Å². The first-order chi connectivity index (χ1) is 5.66. The van der Waals surface area contributed by atoms with Crippen LogP contribution in [-0.4, -0.2) is 0 Å². The van der Waals surface area contributed by atoms with E-state index in [2.05, 4.69) is 0 Å². The van der Waals surface area contributed by atoms with Gasteiger partial charge in [-0.2, -0.15) is 0 Å². The van der Waals surface area contributed by atoms with E-state index in [1.54, 1.807) is 0 Å². The van der Waals surface area contributed by atoms with Crippen LogP contribution >= 0.6 is 0 Å². The minimum absolute atomic E-state index is 0.208. The molecule has 2 aromatic rings. The van der Waals surface area contributed by atoms with Crippen LogP contribution in [0.15, 0.2) is 22.6 Å². The SMILES string of the molecule is Cc1cc2cc(F)cc(C)c2o1. The van der Waals surface area contributed by atoms with Gasteiger partial charge in [0.05, 0.1) is 0 Å². The van der Waals surface area contributed by atoms with E-state index in [-0.39, 0.29) is 5.82 Å². The number of benzene rings is 1. The Morgan fingerprint density at radius 1 is 1.17 bits per heavy atom. The fourth-order valence-corrected chi connectivity index (χ4v) is 1.41. The first kappa shape index (κ1) is 7.35. The Bertz CT molecular complexity index is 429. The van der Waals surface area contributed by atoms with Crippen molar-refractivity contribution in [3.63, 3.8) is 0 Å². The Hall–Kier alpha value is -1.31. The van der Waals surface area contributed by atoms with Crippen LogP contribution in [0.3, 0.4) is 0 Å². The number of aryl methyl sites for hydroxylation is 2. The summed E-state index contributed by atoms with van der Waals surface area (Å²) in [6.45, 7) is 3.70. The van der Waals surface area contributed by atoms with Gasteiger partial charge in [0.25, 0.3) is 0 Å². The van der Waals surface area contributed by atoms with Crippen molar-refractivity contribution in [2.45, 2.75) is 13.8 Å². The van der Waals surface area contributed by atoms with Gasteiger partial charge >= 0.3 is 0 Å². The number of fused-ring (bicyclic) bond motifs is 1. The van der Waals surface area contributed by atoms with Crippen molar-refractivity contribution in [2.24, 2.45) is 0 Å². The van der Waals surface area contributed by atoms with Crippen molar-refractivity contribution in [1.29, 1.82) is 0 Å². The van der Waals surface area contributed by atoms with Crippen LogP contribution in [0.5, 0.6) is 0 Å². The third kappa shape index (κ3) is 0.998. The van der Waals surface area contributed by atoms with Crippen molar-refractivity contribution in [3.8, 4) is 0 Å². The van der Waals surface area contributed by atoms with Crippen molar-refractivity contribution in [1.82, 2.24) is 0 Å². The van der Waals surface area contributed by atoms with Gasteiger partial charge in [-0.3, -0.25) is 0 Å². The van der Waals surface area contributed by atoms with Crippen LogP contribution in [0.25, 0.3) is 11.0 Å². The molecule has 0 saturated heterocycles. The molecule has 62 valence electrons. The minimum Gasteiger partial charge on any atom is -0.461 e. The first-order valence-electron chi connectivity index (χ1n) is 3.83. The molecule has 0 fully saturated rings. The van der Waals surface area contributed by atoms with Gasteiger partial charge in [0.15, 0.2) is 0 Å². The topological polar surface area (TPSA) is 13.1 Å². The normalized spacial score (nSPS) is 10.9. The zero-order chi connectivity index (χ0) is 8.72. The third-order valence-electron chi connectivity index (χ3n) is 1.89. The summed E-state index contributed by atoms with van der Waals surface area (Å²) in [5.41, 5.74) is 1.63. The van der Waals surface area contributed by atoms with Crippen molar-refractivity contribution < 1.29 is 8.81 Å². The molecule has 0 radical (unpaired) electrons. The predicted molar refractivity (Wildman–Crippen MR) is 45.6 cm³/mol. The summed E-state index contributed by atoms with van der Waals surface area (Å²) in [5, 5.41) is 0.838.